The lowest BCUT2D eigenvalue weighted by Gasteiger charge is -2.19. The van der Waals surface area contributed by atoms with Crippen LogP contribution in [0, 0.1) is 0 Å². The number of rotatable bonds is 7. The summed E-state index contributed by atoms with van der Waals surface area (Å²) >= 11 is 5.65. The summed E-state index contributed by atoms with van der Waals surface area (Å²) in [5.74, 6) is 0.295. The lowest BCUT2D eigenvalue weighted by Crippen LogP contribution is -2.33. The van der Waals surface area contributed by atoms with Gasteiger partial charge in [-0.25, -0.2) is 8.42 Å². The molecule has 98 valence electrons. The van der Waals surface area contributed by atoms with Gasteiger partial charge in [-0.3, -0.25) is 4.68 Å². The Balaban J connectivity index is 2.91. The van der Waals surface area contributed by atoms with E-state index in [0.29, 0.717) is 19.0 Å². The average molecular weight is 280 g/mol. The Morgan fingerprint density at radius 1 is 1.47 bits per heavy atom. The van der Waals surface area contributed by atoms with Gasteiger partial charge in [0.2, 0.25) is 10.0 Å². The predicted octanol–water partition coefficient (Wildman–Crippen LogP) is 1.45. The van der Waals surface area contributed by atoms with Crippen LogP contribution in [0.1, 0.15) is 19.8 Å². The van der Waals surface area contributed by atoms with Gasteiger partial charge in [0.1, 0.15) is 4.90 Å². The van der Waals surface area contributed by atoms with E-state index >= 15 is 0 Å². The molecule has 1 aromatic heterocycles. The summed E-state index contributed by atoms with van der Waals surface area (Å²) in [5, 5.41) is 3.88. The van der Waals surface area contributed by atoms with Gasteiger partial charge in [0.25, 0.3) is 0 Å². The van der Waals surface area contributed by atoms with E-state index in [0.717, 1.165) is 12.8 Å². The molecule has 0 aliphatic carbocycles. The number of halogens is 1. The summed E-state index contributed by atoms with van der Waals surface area (Å²) in [7, 11) is -1.76. The van der Waals surface area contributed by atoms with Crippen molar-refractivity contribution >= 4 is 21.6 Å². The minimum absolute atomic E-state index is 0.223. The molecule has 1 heterocycles. The van der Waals surface area contributed by atoms with Crippen LogP contribution in [0.2, 0.25) is 0 Å². The molecule has 0 aliphatic rings. The Hall–Kier alpha value is -0.590. The molecule has 0 N–H and O–H groups in total. The van der Waals surface area contributed by atoms with Gasteiger partial charge >= 0.3 is 0 Å². The van der Waals surface area contributed by atoms with Crippen molar-refractivity contribution in [1.82, 2.24) is 14.1 Å². The minimum atomic E-state index is -3.45. The van der Waals surface area contributed by atoms with Crippen molar-refractivity contribution < 1.29 is 8.42 Å². The second-order valence-electron chi connectivity index (χ2n) is 3.80. The predicted molar refractivity (Wildman–Crippen MR) is 67.6 cm³/mol. The molecular formula is C10H18ClN3O2S. The fourth-order valence-electron chi connectivity index (χ4n) is 1.46. The molecule has 0 saturated carbocycles. The van der Waals surface area contributed by atoms with Gasteiger partial charge in [0.15, 0.2) is 0 Å². The Kier molecular flexibility index (Phi) is 5.42. The highest BCUT2D eigenvalue weighted by Gasteiger charge is 2.24. The van der Waals surface area contributed by atoms with Crippen molar-refractivity contribution in [1.29, 1.82) is 0 Å². The molecule has 0 fully saturated rings. The van der Waals surface area contributed by atoms with Crippen molar-refractivity contribution in [2.45, 2.75) is 24.7 Å². The first-order valence-electron chi connectivity index (χ1n) is 5.57. The molecule has 0 unspecified atom stereocenters. The van der Waals surface area contributed by atoms with E-state index < -0.39 is 10.0 Å². The monoisotopic (exact) mass is 279 g/mol. The maximum absolute atomic E-state index is 12.3. The highest BCUT2D eigenvalue weighted by atomic mass is 35.5. The SMILES string of the molecule is CCCCN(CCCl)S(=O)(=O)c1cnn(C)c1. The van der Waals surface area contributed by atoms with Gasteiger partial charge in [-0.2, -0.15) is 9.40 Å². The van der Waals surface area contributed by atoms with Crippen LogP contribution in [0.15, 0.2) is 17.3 Å². The van der Waals surface area contributed by atoms with E-state index in [9.17, 15) is 8.42 Å². The van der Waals surface area contributed by atoms with Crippen LogP contribution in [-0.4, -0.2) is 41.5 Å². The van der Waals surface area contributed by atoms with Gasteiger partial charge in [-0.15, -0.1) is 11.6 Å². The van der Waals surface area contributed by atoms with E-state index in [4.69, 9.17) is 11.6 Å². The Labute approximate surface area is 107 Å². The minimum Gasteiger partial charge on any atom is -0.274 e. The molecule has 0 aromatic carbocycles. The van der Waals surface area contributed by atoms with Gasteiger partial charge in [0.05, 0.1) is 6.20 Å². The lowest BCUT2D eigenvalue weighted by molar-refractivity contribution is 0.420. The smallest absolute Gasteiger partial charge is 0.246 e. The zero-order valence-corrected chi connectivity index (χ0v) is 11.7. The van der Waals surface area contributed by atoms with Crippen molar-refractivity contribution in [2.24, 2.45) is 7.05 Å². The Bertz CT molecular complexity index is 444. The molecule has 0 aliphatic heterocycles. The van der Waals surface area contributed by atoms with E-state index in [2.05, 4.69) is 5.10 Å². The van der Waals surface area contributed by atoms with Crippen LogP contribution in [-0.2, 0) is 17.1 Å². The standard InChI is InChI=1S/C10H18ClN3O2S/c1-3-4-6-14(7-5-11)17(15,16)10-8-12-13(2)9-10/h8-9H,3-7H2,1-2H3. The van der Waals surface area contributed by atoms with Crippen molar-refractivity contribution in [3.63, 3.8) is 0 Å². The number of aromatic nitrogens is 2. The molecule has 0 saturated heterocycles. The molecular weight excluding hydrogens is 262 g/mol. The molecule has 5 nitrogen and oxygen atoms in total. The second-order valence-corrected chi connectivity index (χ2v) is 6.11. The second kappa shape index (κ2) is 6.37. The molecule has 17 heavy (non-hydrogen) atoms. The number of alkyl halides is 1. The largest absolute Gasteiger partial charge is 0.274 e. The number of hydrogen-bond acceptors (Lipinski definition) is 3. The molecule has 1 rings (SSSR count). The number of unbranched alkanes of at least 4 members (excludes halogenated alkanes) is 1. The first kappa shape index (κ1) is 14.5. The van der Waals surface area contributed by atoms with Crippen molar-refractivity contribution in [3.8, 4) is 0 Å². The zero-order chi connectivity index (χ0) is 12.9. The number of hydrogen-bond donors (Lipinski definition) is 0. The zero-order valence-electron chi connectivity index (χ0n) is 10.1. The molecule has 0 amide bonds. The summed E-state index contributed by atoms with van der Waals surface area (Å²) in [4.78, 5) is 0.223. The van der Waals surface area contributed by atoms with E-state index in [-0.39, 0.29) is 4.90 Å². The van der Waals surface area contributed by atoms with E-state index in [1.807, 2.05) is 6.92 Å². The fourth-order valence-corrected chi connectivity index (χ4v) is 3.23. The highest BCUT2D eigenvalue weighted by Crippen LogP contribution is 2.15. The number of aryl methyl sites for hydroxylation is 1. The summed E-state index contributed by atoms with van der Waals surface area (Å²) in [6, 6.07) is 0. The van der Waals surface area contributed by atoms with Crippen LogP contribution in [0.5, 0.6) is 0 Å². The number of sulfonamides is 1. The Morgan fingerprint density at radius 2 is 2.18 bits per heavy atom. The van der Waals surface area contributed by atoms with E-state index in [1.165, 1.54) is 21.4 Å². The topological polar surface area (TPSA) is 55.2 Å². The fraction of sp³-hybridized carbons (Fsp3) is 0.700. The molecule has 0 spiro atoms. The normalized spacial score (nSPS) is 12.2. The Morgan fingerprint density at radius 3 is 2.65 bits per heavy atom. The van der Waals surface area contributed by atoms with Crippen LogP contribution in [0.4, 0.5) is 0 Å². The van der Waals surface area contributed by atoms with Crippen LogP contribution >= 0.6 is 11.6 Å². The van der Waals surface area contributed by atoms with Crippen LogP contribution in [0.3, 0.4) is 0 Å². The van der Waals surface area contributed by atoms with E-state index in [1.54, 1.807) is 7.05 Å². The van der Waals surface area contributed by atoms with Crippen molar-refractivity contribution in [2.75, 3.05) is 19.0 Å². The third-order valence-electron chi connectivity index (χ3n) is 2.41. The van der Waals surface area contributed by atoms with Gasteiger partial charge in [-0.05, 0) is 6.42 Å². The van der Waals surface area contributed by atoms with Gasteiger partial charge < -0.3 is 0 Å². The summed E-state index contributed by atoms with van der Waals surface area (Å²) < 4.78 is 27.4. The number of nitrogens with zero attached hydrogens (tertiary/aromatic N) is 3. The quantitative estimate of drug-likeness (QED) is 0.710. The van der Waals surface area contributed by atoms with Crippen LogP contribution < -0.4 is 0 Å². The van der Waals surface area contributed by atoms with Crippen molar-refractivity contribution in [3.05, 3.63) is 12.4 Å². The summed E-state index contributed by atoms with van der Waals surface area (Å²) in [6.07, 6.45) is 4.64. The van der Waals surface area contributed by atoms with Gasteiger partial charge in [-0.1, -0.05) is 13.3 Å². The summed E-state index contributed by atoms with van der Waals surface area (Å²) in [5.41, 5.74) is 0. The molecule has 7 heteroatoms. The first-order chi connectivity index (χ1) is 8.02. The maximum atomic E-state index is 12.3. The third kappa shape index (κ3) is 3.69. The highest BCUT2D eigenvalue weighted by molar-refractivity contribution is 7.89. The molecule has 0 atom stereocenters. The lowest BCUT2D eigenvalue weighted by atomic mass is 10.3. The summed E-state index contributed by atoms with van der Waals surface area (Å²) in [6.45, 7) is 2.86. The van der Waals surface area contributed by atoms with Crippen LogP contribution in [0.25, 0.3) is 0 Å². The maximum Gasteiger partial charge on any atom is 0.246 e. The molecule has 1 aromatic rings. The third-order valence-corrected chi connectivity index (χ3v) is 4.43. The molecule has 0 bridgehead atoms. The van der Waals surface area contributed by atoms with Gasteiger partial charge in [0, 0.05) is 32.2 Å². The first-order valence-corrected chi connectivity index (χ1v) is 7.54. The average Bonchev–Trinajstić information content (AvgIpc) is 2.71. The molecule has 0 radical (unpaired) electrons.